The highest BCUT2D eigenvalue weighted by Gasteiger charge is 2.20. The molecule has 2 heterocycles. The molecule has 0 aromatic carbocycles. The minimum absolute atomic E-state index is 0.0932. The van der Waals surface area contributed by atoms with Crippen LogP contribution in [0.15, 0.2) is 0 Å². The van der Waals surface area contributed by atoms with Gasteiger partial charge in [-0.1, -0.05) is 11.4 Å². The van der Waals surface area contributed by atoms with Crippen LogP contribution in [-0.2, 0) is 13.0 Å². The van der Waals surface area contributed by atoms with Gasteiger partial charge in [0, 0.05) is 7.05 Å². The van der Waals surface area contributed by atoms with Crippen LogP contribution in [0.5, 0.6) is 0 Å². The Hall–Kier alpha value is -1.83. The van der Waals surface area contributed by atoms with E-state index in [1.54, 1.807) is 11.9 Å². The van der Waals surface area contributed by atoms with Crippen LogP contribution in [0.1, 0.15) is 33.9 Å². The lowest BCUT2D eigenvalue weighted by atomic mass is 10.3. The topological polar surface area (TPSA) is 87.7 Å². The first-order valence-corrected chi connectivity index (χ1v) is 6.33. The summed E-state index contributed by atoms with van der Waals surface area (Å²) in [5.41, 5.74) is 0.739. The average Bonchev–Trinajstić information content (AvgIpc) is 2.96. The van der Waals surface area contributed by atoms with Crippen LogP contribution < -0.4 is 0 Å². The second-order valence-electron chi connectivity index (χ2n) is 3.90. The van der Waals surface area contributed by atoms with E-state index >= 15 is 0 Å². The van der Waals surface area contributed by atoms with Gasteiger partial charge in [0.25, 0.3) is 5.91 Å². The van der Waals surface area contributed by atoms with Crippen molar-refractivity contribution in [1.29, 1.82) is 0 Å². The molecule has 2 aromatic rings. The standard InChI is InChI=1S/C10H14N6OS/c1-4-7-9(18-15-13-7)10(17)16(3)5-8-11-6(2)12-14-8/h4-5H2,1-3H3,(H,11,12,14). The molecule has 0 aliphatic rings. The fourth-order valence-corrected chi connectivity index (χ4v) is 2.26. The van der Waals surface area contributed by atoms with E-state index in [0.717, 1.165) is 23.1 Å². The number of H-pyrrole nitrogens is 1. The van der Waals surface area contributed by atoms with Gasteiger partial charge in [0.05, 0.1) is 12.2 Å². The zero-order valence-corrected chi connectivity index (χ0v) is 11.3. The molecule has 7 nitrogen and oxygen atoms in total. The number of rotatable bonds is 4. The second kappa shape index (κ2) is 5.21. The number of carbonyl (C=O) groups is 1. The number of nitrogens with one attached hydrogen (secondary N) is 1. The maximum absolute atomic E-state index is 12.2. The van der Waals surface area contributed by atoms with Crippen LogP contribution >= 0.6 is 11.5 Å². The van der Waals surface area contributed by atoms with Gasteiger partial charge in [0.15, 0.2) is 5.82 Å². The van der Waals surface area contributed by atoms with Crippen LogP contribution in [-0.4, -0.2) is 42.6 Å². The van der Waals surface area contributed by atoms with Gasteiger partial charge >= 0.3 is 0 Å². The van der Waals surface area contributed by atoms with Crippen LogP contribution in [0.25, 0.3) is 0 Å². The minimum Gasteiger partial charge on any atom is -0.333 e. The monoisotopic (exact) mass is 266 g/mol. The Morgan fingerprint density at radius 1 is 1.50 bits per heavy atom. The third-order valence-electron chi connectivity index (χ3n) is 2.45. The molecule has 1 amide bonds. The van der Waals surface area contributed by atoms with Crippen molar-refractivity contribution in [2.45, 2.75) is 26.8 Å². The zero-order valence-electron chi connectivity index (χ0n) is 10.5. The lowest BCUT2D eigenvalue weighted by Crippen LogP contribution is -2.26. The van der Waals surface area contributed by atoms with Gasteiger partial charge < -0.3 is 4.90 Å². The molecule has 2 rings (SSSR count). The summed E-state index contributed by atoms with van der Waals surface area (Å²) in [7, 11) is 1.72. The average molecular weight is 266 g/mol. The molecule has 8 heteroatoms. The Morgan fingerprint density at radius 3 is 2.89 bits per heavy atom. The van der Waals surface area contributed by atoms with Crippen LogP contribution in [0, 0.1) is 6.92 Å². The number of aromatic nitrogens is 5. The SMILES string of the molecule is CCc1nnsc1C(=O)N(C)Cc1n[nH]c(C)n1. The Morgan fingerprint density at radius 2 is 2.28 bits per heavy atom. The molecule has 0 aliphatic heterocycles. The summed E-state index contributed by atoms with van der Waals surface area (Å²) in [6, 6.07) is 0. The highest BCUT2D eigenvalue weighted by Crippen LogP contribution is 2.14. The molecule has 0 saturated carbocycles. The lowest BCUT2D eigenvalue weighted by Gasteiger charge is -2.13. The third-order valence-corrected chi connectivity index (χ3v) is 3.21. The third kappa shape index (κ3) is 2.53. The maximum atomic E-state index is 12.2. The second-order valence-corrected chi connectivity index (χ2v) is 4.65. The van der Waals surface area contributed by atoms with E-state index < -0.39 is 0 Å². The summed E-state index contributed by atoms with van der Waals surface area (Å²) >= 11 is 1.13. The van der Waals surface area contributed by atoms with Crippen LogP contribution in [0.3, 0.4) is 0 Å². The number of hydrogen-bond donors (Lipinski definition) is 1. The van der Waals surface area contributed by atoms with E-state index in [4.69, 9.17) is 0 Å². The molecule has 0 atom stereocenters. The highest BCUT2D eigenvalue weighted by molar-refractivity contribution is 7.07. The summed E-state index contributed by atoms with van der Waals surface area (Å²) in [5.74, 6) is 1.24. The van der Waals surface area contributed by atoms with Crippen molar-refractivity contribution in [2.75, 3.05) is 7.05 Å². The molecule has 0 fully saturated rings. The van der Waals surface area contributed by atoms with Crippen molar-refractivity contribution >= 4 is 17.4 Å². The lowest BCUT2D eigenvalue weighted by molar-refractivity contribution is 0.0785. The predicted molar refractivity (Wildman–Crippen MR) is 66.2 cm³/mol. The zero-order chi connectivity index (χ0) is 13.1. The van der Waals surface area contributed by atoms with E-state index in [1.807, 2.05) is 13.8 Å². The first-order chi connectivity index (χ1) is 8.61. The van der Waals surface area contributed by atoms with Crippen LogP contribution in [0.4, 0.5) is 0 Å². The largest absolute Gasteiger partial charge is 0.333 e. The van der Waals surface area contributed by atoms with Gasteiger partial charge in [-0.15, -0.1) is 5.10 Å². The van der Waals surface area contributed by atoms with Gasteiger partial charge in [0.1, 0.15) is 10.7 Å². The van der Waals surface area contributed by atoms with Crippen molar-refractivity contribution in [3.8, 4) is 0 Å². The molecular formula is C10H14N6OS. The van der Waals surface area contributed by atoms with E-state index in [-0.39, 0.29) is 5.91 Å². The van der Waals surface area contributed by atoms with Crippen molar-refractivity contribution in [2.24, 2.45) is 0 Å². The van der Waals surface area contributed by atoms with E-state index in [9.17, 15) is 4.79 Å². The Bertz CT molecular complexity index is 548. The summed E-state index contributed by atoms with van der Waals surface area (Å²) in [4.78, 5) is 18.5. The fourth-order valence-electron chi connectivity index (χ4n) is 1.52. The number of aromatic amines is 1. The summed E-state index contributed by atoms with van der Waals surface area (Å²) in [6.07, 6.45) is 0.700. The van der Waals surface area contributed by atoms with Crippen molar-refractivity contribution in [1.82, 2.24) is 29.7 Å². The normalized spacial score (nSPS) is 10.6. The summed E-state index contributed by atoms with van der Waals surface area (Å²) in [6.45, 7) is 4.14. The quantitative estimate of drug-likeness (QED) is 0.884. The summed E-state index contributed by atoms with van der Waals surface area (Å²) in [5, 5.41) is 10.7. The van der Waals surface area contributed by atoms with Crippen molar-refractivity contribution in [3.05, 3.63) is 22.2 Å². The Kier molecular flexibility index (Phi) is 3.66. The molecule has 0 radical (unpaired) electrons. The molecule has 0 unspecified atom stereocenters. The number of hydrogen-bond acceptors (Lipinski definition) is 6. The molecule has 18 heavy (non-hydrogen) atoms. The molecule has 0 spiro atoms. The molecule has 96 valence electrons. The molecule has 0 aliphatic carbocycles. The molecule has 0 saturated heterocycles. The van der Waals surface area contributed by atoms with Gasteiger partial charge in [0.2, 0.25) is 0 Å². The first kappa shape index (κ1) is 12.6. The number of amides is 1. The number of nitrogens with zero attached hydrogens (tertiary/aromatic N) is 5. The smallest absolute Gasteiger partial charge is 0.267 e. The number of aryl methyl sites for hydroxylation is 2. The van der Waals surface area contributed by atoms with E-state index in [0.29, 0.717) is 23.7 Å². The van der Waals surface area contributed by atoms with E-state index in [2.05, 4.69) is 24.8 Å². The summed E-state index contributed by atoms with van der Waals surface area (Å²) < 4.78 is 3.81. The Balaban J connectivity index is 2.09. The van der Waals surface area contributed by atoms with Gasteiger partial charge in [-0.05, 0) is 24.9 Å². The minimum atomic E-state index is -0.0932. The Labute approximate surface area is 108 Å². The molecule has 2 aromatic heterocycles. The maximum Gasteiger partial charge on any atom is 0.267 e. The van der Waals surface area contributed by atoms with Gasteiger partial charge in [-0.25, -0.2) is 4.98 Å². The number of carbonyl (C=O) groups excluding carboxylic acids is 1. The molecule has 0 bridgehead atoms. The van der Waals surface area contributed by atoms with Crippen molar-refractivity contribution in [3.63, 3.8) is 0 Å². The van der Waals surface area contributed by atoms with Gasteiger partial charge in [-0.2, -0.15) is 5.10 Å². The van der Waals surface area contributed by atoms with Crippen LogP contribution in [0.2, 0.25) is 0 Å². The first-order valence-electron chi connectivity index (χ1n) is 5.56. The van der Waals surface area contributed by atoms with E-state index in [1.165, 1.54) is 0 Å². The molecule has 1 N–H and O–H groups in total. The highest BCUT2D eigenvalue weighted by atomic mass is 32.1. The fraction of sp³-hybridized carbons (Fsp3) is 0.500. The predicted octanol–water partition coefficient (Wildman–Crippen LogP) is 0.799. The molecular weight excluding hydrogens is 252 g/mol. The van der Waals surface area contributed by atoms with Crippen molar-refractivity contribution < 1.29 is 4.79 Å². The van der Waals surface area contributed by atoms with Gasteiger partial charge in [-0.3, -0.25) is 9.89 Å².